The third-order valence-electron chi connectivity index (χ3n) is 3.96. The predicted molar refractivity (Wildman–Crippen MR) is 79.0 cm³/mol. The van der Waals surface area contributed by atoms with E-state index in [9.17, 15) is 0 Å². The van der Waals surface area contributed by atoms with Crippen LogP contribution in [0.15, 0.2) is 4.52 Å². The van der Waals surface area contributed by atoms with Crippen molar-refractivity contribution in [1.82, 2.24) is 10.1 Å². The van der Waals surface area contributed by atoms with E-state index in [1.165, 1.54) is 38.5 Å². The Labute approximate surface area is 119 Å². The zero-order chi connectivity index (χ0) is 13.6. The minimum absolute atomic E-state index is 0.207. The quantitative estimate of drug-likeness (QED) is 0.779. The number of nitrogens with zero attached hydrogens (tertiary/aromatic N) is 2. The lowest BCUT2D eigenvalue weighted by Gasteiger charge is -2.34. The third-order valence-corrected chi connectivity index (χ3v) is 5.12. The highest BCUT2D eigenvalue weighted by Crippen LogP contribution is 2.38. The second-order valence-electron chi connectivity index (χ2n) is 5.60. The van der Waals surface area contributed by atoms with Gasteiger partial charge in [0.2, 0.25) is 5.89 Å². The van der Waals surface area contributed by atoms with Gasteiger partial charge in [-0.2, -0.15) is 16.7 Å². The zero-order valence-electron chi connectivity index (χ0n) is 11.9. The van der Waals surface area contributed by atoms with Crippen LogP contribution in [0.4, 0.5) is 0 Å². The number of nitrogens with two attached hydrogens (primary N) is 1. The standard InChI is InChI=1S/C14H25N3OS/c1-2-8-19-10-12-16-13(18-17-12)9-14(11-15)6-4-3-5-7-14/h2-11,15H2,1H3. The summed E-state index contributed by atoms with van der Waals surface area (Å²) in [6.45, 7) is 2.91. The first-order valence-electron chi connectivity index (χ1n) is 7.37. The summed E-state index contributed by atoms with van der Waals surface area (Å²) in [5.41, 5.74) is 6.20. The molecule has 1 heterocycles. The van der Waals surface area contributed by atoms with Crippen molar-refractivity contribution in [2.24, 2.45) is 11.1 Å². The molecule has 1 saturated carbocycles. The Morgan fingerprint density at radius 3 is 2.79 bits per heavy atom. The fourth-order valence-corrected chi connectivity index (χ4v) is 3.54. The molecule has 0 aromatic carbocycles. The van der Waals surface area contributed by atoms with Gasteiger partial charge in [-0.1, -0.05) is 31.3 Å². The average Bonchev–Trinajstić information content (AvgIpc) is 2.87. The molecule has 0 amide bonds. The van der Waals surface area contributed by atoms with Crippen molar-refractivity contribution in [2.45, 2.75) is 57.6 Å². The van der Waals surface area contributed by atoms with Crippen LogP contribution in [0, 0.1) is 5.41 Å². The summed E-state index contributed by atoms with van der Waals surface area (Å²) in [4.78, 5) is 4.51. The molecule has 1 fully saturated rings. The molecule has 0 aliphatic heterocycles. The Morgan fingerprint density at radius 2 is 2.11 bits per heavy atom. The molecule has 0 unspecified atom stereocenters. The summed E-state index contributed by atoms with van der Waals surface area (Å²) >= 11 is 1.86. The fraction of sp³-hybridized carbons (Fsp3) is 0.857. The molecule has 1 aromatic heterocycles. The first-order valence-corrected chi connectivity index (χ1v) is 8.53. The zero-order valence-corrected chi connectivity index (χ0v) is 12.7. The number of thioether (sulfide) groups is 1. The van der Waals surface area contributed by atoms with E-state index >= 15 is 0 Å². The highest BCUT2D eigenvalue weighted by Gasteiger charge is 2.32. The molecule has 0 bridgehead atoms. The van der Waals surface area contributed by atoms with Crippen LogP contribution >= 0.6 is 11.8 Å². The van der Waals surface area contributed by atoms with Gasteiger partial charge in [-0.15, -0.1) is 0 Å². The fourth-order valence-electron chi connectivity index (χ4n) is 2.80. The highest BCUT2D eigenvalue weighted by molar-refractivity contribution is 7.98. The molecule has 2 rings (SSSR count). The Kier molecular flexibility index (Phi) is 5.70. The van der Waals surface area contributed by atoms with Crippen molar-refractivity contribution in [3.63, 3.8) is 0 Å². The van der Waals surface area contributed by atoms with E-state index < -0.39 is 0 Å². The monoisotopic (exact) mass is 283 g/mol. The maximum atomic E-state index is 6.00. The Hall–Kier alpha value is -0.550. The summed E-state index contributed by atoms with van der Waals surface area (Å²) in [5, 5.41) is 4.07. The van der Waals surface area contributed by atoms with Gasteiger partial charge >= 0.3 is 0 Å². The molecule has 2 N–H and O–H groups in total. The summed E-state index contributed by atoms with van der Waals surface area (Å²) < 4.78 is 5.39. The molecular weight excluding hydrogens is 258 g/mol. The lowest BCUT2D eigenvalue weighted by Crippen LogP contribution is -2.35. The number of hydrogen-bond acceptors (Lipinski definition) is 5. The number of rotatable bonds is 7. The van der Waals surface area contributed by atoms with E-state index in [4.69, 9.17) is 10.3 Å². The van der Waals surface area contributed by atoms with Crippen molar-refractivity contribution in [3.05, 3.63) is 11.7 Å². The van der Waals surface area contributed by atoms with Crippen LogP contribution < -0.4 is 5.73 Å². The van der Waals surface area contributed by atoms with E-state index in [2.05, 4.69) is 17.1 Å². The Balaban J connectivity index is 1.90. The smallest absolute Gasteiger partial charge is 0.227 e. The molecule has 108 valence electrons. The molecule has 0 saturated heterocycles. The van der Waals surface area contributed by atoms with E-state index in [1.54, 1.807) is 0 Å². The number of aromatic nitrogens is 2. The minimum atomic E-state index is 0.207. The summed E-state index contributed by atoms with van der Waals surface area (Å²) in [6.07, 6.45) is 8.35. The third kappa shape index (κ3) is 4.21. The summed E-state index contributed by atoms with van der Waals surface area (Å²) in [6, 6.07) is 0. The highest BCUT2D eigenvalue weighted by atomic mass is 32.2. The van der Waals surface area contributed by atoms with Crippen molar-refractivity contribution in [1.29, 1.82) is 0 Å². The Bertz CT molecular complexity index is 375. The van der Waals surface area contributed by atoms with Gasteiger partial charge in [0.15, 0.2) is 5.82 Å². The molecule has 4 nitrogen and oxygen atoms in total. The lowest BCUT2D eigenvalue weighted by atomic mass is 9.72. The van der Waals surface area contributed by atoms with E-state index in [0.29, 0.717) is 0 Å². The molecule has 1 aliphatic rings. The van der Waals surface area contributed by atoms with Gasteiger partial charge in [-0.25, -0.2) is 0 Å². The molecule has 5 heteroatoms. The normalized spacial score (nSPS) is 18.6. The molecular formula is C14H25N3OS. The van der Waals surface area contributed by atoms with Gasteiger partial charge in [0, 0.05) is 6.42 Å². The van der Waals surface area contributed by atoms with Crippen molar-refractivity contribution in [3.8, 4) is 0 Å². The molecule has 1 aliphatic carbocycles. The maximum Gasteiger partial charge on any atom is 0.227 e. The molecule has 0 radical (unpaired) electrons. The molecule has 19 heavy (non-hydrogen) atoms. The summed E-state index contributed by atoms with van der Waals surface area (Å²) in [5.74, 6) is 3.61. The van der Waals surface area contributed by atoms with Crippen LogP contribution in [-0.2, 0) is 12.2 Å². The SMILES string of the molecule is CCCSCc1noc(CC2(CN)CCCCC2)n1. The topological polar surface area (TPSA) is 64.9 Å². The predicted octanol–water partition coefficient (Wildman–Crippen LogP) is 3.16. The van der Waals surface area contributed by atoms with E-state index in [0.717, 1.165) is 36.2 Å². The van der Waals surface area contributed by atoms with Crippen molar-refractivity contribution in [2.75, 3.05) is 12.3 Å². The van der Waals surface area contributed by atoms with Crippen LogP contribution in [-0.4, -0.2) is 22.4 Å². The molecule has 0 spiro atoms. The molecule has 1 aromatic rings. The second-order valence-corrected chi connectivity index (χ2v) is 6.70. The van der Waals surface area contributed by atoms with Gasteiger partial charge in [0.05, 0.1) is 5.75 Å². The lowest BCUT2D eigenvalue weighted by molar-refractivity contribution is 0.177. The first-order chi connectivity index (χ1) is 9.28. The summed E-state index contributed by atoms with van der Waals surface area (Å²) in [7, 11) is 0. The van der Waals surface area contributed by atoms with Crippen LogP contribution in [0.25, 0.3) is 0 Å². The molecule has 0 atom stereocenters. The minimum Gasteiger partial charge on any atom is -0.339 e. The van der Waals surface area contributed by atoms with Crippen LogP contribution in [0.5, 0.6) is 0 Å². The second kappa shape index (κ2) is 7.29. The largest absolute Gasteiger partial charge is 0.339 e. The Morgan fingerprint density at radius 1 is 1.32 bits per heavy atom. The van der Waals surface area contributed by atoms with Gasteiger partial charge in [-0.3, -0.25) is 0 Å². The number of hydrogen-bond donors (Lipinski definition) is 1. The first kappa shape index (κ1) is 14.9. The average molecular weight is 283 g/mol. The van der Waals surface area contributed by atoms with Gasteiger partial charge in [-0.05, 0) is 37.0 Å². The van der Waals surface area contributed by atoms with E-state index in [-0.39, 0.29) is 5.41 Å². The van der Waals surface area contributed by atoms with Crippen molar-refractivity contribution < 1.29 is 4.52 Å². The van der Waals surface area contributed by atoms with Crippen LogP contribution in [0.3, 0.4) is 0 Å². The maximum absolute atomic E-state index is 6.00. The van der Waals surface area contributed by atoms with Crippen LogP contribution in [0.2, 0.25) is 0 Å². The van der Waals surface area contributed by atoms with Gasteiger partial charge in [0.1, 0.15) is 0 Å². The van der Waals surface area contributed by atoms with Gasteiger partial charge in [0.25, 0.3) is 0 Å². The van der Waals surface area contributed by atoms with Gasteiger partial charge < -0.3 is 10.3 Å². The van der Waals surface area contributed by atoms with Crippen molar-refractivity contribution >= 4 is 11.8 Å². The van der Waals surface area contributed by atoms with Crippen LogP contribution in [0.1, 0.15) is 57.2 Å². The van der Waals surface area contributed by atoms with E-state index in [1.807, 2.05) is 11.8 Å².